The number of terminal acetylenes is 1. The fourth-order valence-corrected chi connectivity index (χ4v) is 1.85. The highest BCUT2D eigenvalue weighted by Crippen LogP contribution is 2.31. The second-order valence-corrected chi connectivity index (χ2v) is 4.06. The van der Waals surface area contributed by atoms with Crippen molar-refractivity contribution in [3.63, 3.8) is 0 Å². The van der Waals surface area contributed by atoms with E-state index in [-0.39, 0.29) is 12.6 Å². The predicted octanol–water partition coefficient (Wildman–Crippen LogP) is 0.122. The van der Waals surface area contributed by atoms with Crippen LogP contribution in [0.2, 0.25) is 0 Å². The maximum atomic E-state index is 11.0. The lowest BCUT2D eigenvalue weighted by Crippen LogP contribution is -2.25. The molecular formula is C12H13N3O2. The van der Waals surface area contributed by atoms with Gasteiger partial charge in [-0.15, -0.1) is 6.42 Å². The minimum Gasteiger partial charge on any atom is -0.394 e. The van der Waals surface area contributed by atoms with Gasteiger partial charge in [-0.25, -0.2) is 9.78 Å². The summed E-state index contributed by atoms with van der Waals surface area (Å²) < 4.78 is 0. The highest BCUT2D eigenvalue weighted by Gasteiger charge is 2.32. The van der Waals surface area contributed by atoms with Gasteiger partial charge < -0.3 is 10.4 Å². The van der Waals surface area contributed by atoms with E-state index in [1.807, 2.05) is 12.2 Å². The Morgan fingerprint density at radius 1 is 1.76 bits per heavy atom. The smallest absolute Gasteiger partial charge is 0.346 e. The van der Waals surface area contributed by atoms with Gasteiger partial charge in [0.15, 0.2) is 0 Å². The zero-order valence-electron chi connectivity index (χ0n) is 9.18. The Hall–Kier alpha value is -2.06. The van der Waals surface area contributed by atoms with Gasteiger partial charge in [0, 0.05) is 12.2 Å². The van der Waals surface area contributed by atoms with Crippen LogP contribution < -0.4 is 11.0 Å². The zero-order valence-corrected chi connectivity index (χ0v) is 9.18. The predicted molar refractivity (Wildman–Crippen MR) is 64.4 cm³/mol. The Morgan fingerprint density at radius 3 is 3.18 bits per heavy atom. The zero-order chi connectivity index (χ0) is 12.3. The molecule has 3 N–H and O–H groups in total. The number of aromatic amines is 1. The first kappa shape index (κ1) is 11.4. The molecule has 1 aliphatic carbocycles. The van der Waals surface area contributed by atoms with Crippen LogP contribution in [-0.4, -0.2) is 27.7 Å². The van der Waals surface area contributed by atoms with E-state index in [4.69, 9.17) is 6.42 Å². The molecule has 0 amide bonds. The van der Waals surface area contributed by atoms with Crippen molar-refractivity contribution < 1.29 is 5.11 Å². The Balaban J connectivity index is 2.07. The molecule has 5 heteroatoms. The average molecular weight is 231 g/mol. The molecule has 0 bridgehead atoms. The number of nitrogens with zero attached hydrogens (tertiary/aromatic N) is 1. The number of H-pyrrole nitrogens is 1. The molecule has 5 nitrogen and oxygen atoms in total. The summed E-state index contributed by atoms with van der Waals surface area (Å²) in [5.41, 5.74) is -0.993. The molecule has 0 aromatic carbocycles. The van der Waals surface area contributed by atoms with Gasteiger partial charge >= 0.3 is 5.69 Å². The number of aromatic nitrogens is 2. The van der Waals surface area contributed by atoms with Crippen LogP contribution >= 0.6 is 0 Å². The van der Waals surface area contributed by atoms with E-state index >= 15 is 0 Å². The second kappa shape index (κ2) is 4.44. The van der Waals surface area contributed by atoms with Crippen LogP contribution in [-0.2, 0) is 0 Å². The minimum atomic E-state index is -0.592. The molecule has 1 aliphatic rings. The Labute approximate surface area is 98.6 Å². The lowest BCUT2D eigenvalue weighted by Gasteiger charge is -2.20. The van der Waals surface area contributed by atoms with Crippen molar-refractivity contribution in [1.29, 1.82) is 0 Å². The van der Waals surface area contributed by atoms with Gasteiger partial charge in [0.1, 0.15) is 5.82 Å². The molecular weight excluding hydrogens is 218 g/mol. The second-order valence-electron chi connectivity index (χ2n) is 4.06. The first-order valence-electron chi connectivity index (χ1n) is 5.27. The molecule has 2 atom stereocenters. The molecule has 1 aromatic heterocycles. The number of hydrogen-bond acceptors (Lipinski definition) is 4. The van der Waals surface area contributed by atoms with Gasteiger partial charge in [0.25, 0.3) is 0 Å². The van der Waals surface area contributed by atoms with Gasteiger partial charge in [0.2, 0.25) is 0 Å². The van der Waals surface area contributed by atoms with E-state index in [1.54, 1.807) is 6.07 Å². The summed E-state index contributed by atoms with van der Waals surface area (Å²) in [6, 6.07) is 1.67. The molecule has 17 heavy (non-hydrogen) atoms. The maximum Gasteiger partial charge on any atom is 0.346 e. The maximum absolute atomic E-state index is 11.0. The number of rotatable bonds is 3. The first-order valence-corrected chi connectivity index (χ1v) is 5.27. The molecule has 2 rings (SSSR count). The molecule has 1 heterocycles. The summed E-state index contributed by atoms with van der Waals surface area (Å²) >= 11 is 0. The lowest BCUT2D eigenvalue weighted by molar-refractivity contribution is 0.210. The first-order chi connectivity index (χ1) is 8.17. The molecule has 0 spiro atoms. The normalized spacial score (nSPS) is 26.7. The topological polar surface area (TPSA) is 78.0 Å². The fourth-order valence-electron chi connectivity index (χ4n) is 1.85. The van der Waals surface area contributed by atoms with E-state index in [1.165, 1.54) is 6.20 Å². The van der Waals surface area contributed by atoms with Crippen LogP contribution in [0, 0.1) is 17.8 Å². The summed E-state index contributed by atoms with van der Waals surface area (Å²) in [6.45, 7) is -0.0783. The Kier molecular flexibility index (Phi) is 2.98. The van der Waals surface area contributed by atoms with Crippen molar-refractivity contribution in [1.82, 2.24) is 9.97 Å². The SMILES string of the molecule is C#CC1(CO)C=CC(Nc2ccnc(=O)[nH]2)C1. The highest BCUT2D eigenvalue weighted by atomic mass is 16.3. The summed E-state index contributed by atoms with van der Waals surface area (Å²) in [6.07, 6.45) is 11.2. The van der Waals surface area contributed by atoms with Crippen LogP contribution in [0.1, 0.15) is 6.42 Å². The molecule has 0 saturated carbocycles. The molecule has 88 valence electrons. The van der Waals surface area contributed by atoms with Gasteiger partial charge in [-0.2, -0.15) is 0 Å². The fraction of sp³-hybridized carbons (Fsp3) is 0.333. The number of nitrogens with one attached hydrogen (secondary N) is 2. The van der Waals surface area contributed by atoms with Crippen LogP contribution in [0.25, 0.3) is 0 Å². The summed E-state index contributed by atoms with van der Waals surface area (Å²) in [7, 11) is 0. The van der Waals surface area contributed by atoms with Gasteiger partial charge in [0.05, 0.1) is 12.0 Å². The van der Waals surface area contributed by atoms with Crippen molar-refractivity contribution in [2.24, 2.45) is 5.41 Å². The molecule has 0 radical (unpaired) electrons. The summed E-state index contributed by atoms with van der Waals surface area (Å²) in [5.74, 6) is 3.18. The molecule has 0 aliphatic heterocycles. The largest absolute Gasteiger partial charge is 0.394 e. The van der Waals surface area contributed by atoms with Crippen LogP contribution in [0.5, 0.6) is 0 Å². The average Bonchev–Trinajstić information content (AvgIpc) is 2.73. The number of aliphatic hydroxyl groups excluding tert-OH is 1. The third-order valence-electron chi connectivity index (χ3n) is 2.82. The van der Waals surface area contributed by atoms with Crippen molar-refractivity contribution in [2.75, 3.05) is 11.9 Å². The van der Waals surface area contributed by atoms with E-state index in [2.05, 4.69) is 21.2 Å². The Morgan fingerprint density at radius 2 is 2.59 bits per heavy atom. The third kappa shape index (κ3) is 2.37. The molecule has 1 aromatic rings. The van der Waals surface area contributed by atoms with Crippen molar-refractivity contribution >= 4 is 5.82 Å². The molecule has 2 unspecified atom stereocenters. The van der Waals surface area contributed by atoms with Crippen molar-refractivity contribution in [3.8, 4) is 12.3 Å². The van der Waals surface area contributed by atoms with E-state index in [0.717, 1.165) is 0 Å². The quantitative estimate of drug-likeness (QED) is 0.510. The van der Waals surface area contributed by atoms with Gasteiger partial charge in [-0.3, -0.25) is 4.98 Å². The van der Waals surface area contributed by atoms with Crippen molar-refractivity contribution in [3.05, 3.63) is 34.9 Å². The standard InChI is InChI=1S/C12H13N3O2/c1-2-12(8-16)5-3-9(7-12)14-10-4-6-13-11(17)15-10/h1,3-6,9,16H,7-8H2,(H2,13,14,15,17). The van der Waals surface area contributed by atoms with E-state index in [0.29, 0.717) is 12.2 Å². The van der Waals surface area contributed by atoms with Crippen LogP contribution in [0.3, 0.4) is 0 Å². The third-order valence-corrected chi connectivity index (χ3v) is 2.82. The number of anilines is 1. The van der Waals surface area contributed by atoms with E-state index < -0.39 is 11.1 Å². The summed E-state index contributed by atoms with van der Waals surface area (Å²) in [4.78, 5) is 17.1. The number of aliphatic hydroxyl groups is 1. The molecule has 0 fully saturated rings. The highest BCUT2D eigenvalue weighted by molar-refractivity contribution is 5.38. The van der Waals surface area contributed by atoms with E-state index in [9.17, 15) is 9.90 Å². The Bertz CT molecular complexity index is 529. The van der Waals surface area contributed by atoms with Gasteiger partial charge in [-0.05, 0) is 12.5 Å². The van der Waals surface area contributed by atoms with Crippen LogP contribution in [0.15, 0.2) is 29.2 Å². The number of hydrogen-bond donors (Lipinski definition) is 3. The van der Waals surface area contributed by atoms with Gasteiger partial charge in [-0.1, -0.05) is 18.1 Å². The lowest BCUT2D eigenvalue weighted by atomic mass is 9.89. The van der Waals surface area contributed by atoms with Crippen LogP contribution in [0.4, 0.5) is 5.82 Å². The summed E-state index contributed by atoms with van der Waals surface area (Å²) in [5, 5.41) is 12.4. The minimum absolute atomic E-state index is 0.00347. The molecule has 0 saturated heterocycles. The van der Waals surface area contributed by atoms with Crippen molar-refractivity contribution in [2.45, 2.75) is 12.5 Å². The monoisotopic (exact) mass is 231 g/mol.